The second kappa shape index (κ2) is 10.9. The molecule has 1 heterocycles. The highest BCUT2D eigenvalue weighted by atomic mass is 19.1. The third kappa shape index (κ3) is 5.33. The minimum atomic E-state index is -0.444. The van der Waals surface area contributed by atoms with E-state index in [1.54, 1.807) is 79.4 Å². The van der Waals surface area contributed by atoms with E-state index in [0.29, 0.717) is 34.6 Å². The molecule has 0 saturated carbocycles. The molecule has 0 N–H and O–H groups in total. The van der Waals surface area contributed by atoms with Crippen LogP contribution in [0, 0.1) is 5.82 Å². The quantitative estimate of drug-likeness (QED) is 0.414. The highest BCUT2D eigenvalue weighted by Crippen LogP contribution is 2.37. The van der Waals surface area contributed by atoms with Crippen molar-refractivity contribution in [3.63, 3.8) is 0 Å². The average Bonchev–Trinajstić information content (AvgIpc) is 3.21. The Morgan fingerprint density at radius 2 is 1.39 bits per heavy atom. The number of carbonyl (C=O) groups excluding carboxylic acids is 3. The molecule has 7 nitrogen and oxygen atoms in total. The lowest BCUT2D eigenvalue weighted by molar-refractivity contribution is -0.112. The van der Waals surface area contributed by atoms with Gasteiger partial charge in [-0.15, -0.1) is 0 Å². The molecule has 1 aliphatic heterocycles. The fraction of sp³-hybridized carbons (Fsp3) is 0.214. The number of hydrogen-bond acceptors (Lipinski definition) is 6. The van der Waals surface area contributed by atoms with Crippen LogP contribution < -0.4 is 4.90 Å². The Morgan fingerprint density at radius 3 is 1.92 bits per heavy atom. The van der Waals surface area contributed by atoms with Crippen molar-refractivity contribution in [1.82, 2.24) is 0 Å². The molecule has 0 radical (unpaired) electrons. The Balaban J connectivity index is 1.66. The van der Waals surface area contributed by atoms with E-state index in [4.69, 9.17) is 9.47 Å². The normalized spacial score (nSPS) is 16.3. The van der Waals surface area contributed by atoms with Gasteiger partial charge in [-0.05, 0) is 80.1 Å². The van der Waals surface area contributed by atoms with Crippen LogP contribution in [0.2, 0.25) is 0 Å². The predicted octanol–water partition coefficient (Wildman–Crippen LogP) is 5.43. The van der Waals surface area contributed by atoms with E-state index >= 15 is 0 Å². The number of amides is 1. The van der Waals surface area contributed by atoms with Crippen molar-refractivity contribution in [2.45, 2.75) is 26.3 Å². The number of aliphatic imine (C=N–C) groups is 1. The minimum absolute atomic E-state index is 0.262. The van der Waals surface area contributed by atoms with E-state index in [9.17, 15) is 18.8 Å². The number of hydrogen-bond donors (Lipinski definition) is 0. The zero-order chi connectivity index (χ0) is 25.7. The molecule has 1 unspecified atom stereocenters. The van der Waals surface area contributed by atoms with Gasteiger partial charge in [0.05, 0.1) is 36.1 Å². The van der Waals surface area contributed by atoms with Crippen molar-refractivity contribution in [3.05, 3.63) is 95.3 Å². The van der Waals surface area contributed by atoms with Gasteiger partial charge >= 0.3 is 11.9 Å². The Bertz CT molecular complexity index is 1290. The first-order chi connectivity index (χ1) is 17.4. The van der Waals surface area contributed by atoms with Crippen LogP contribution in [-0.2, 0) is 14.3 Å². The number of halogens is 1. The summed E-state index contributed by atoms with van der Waals surface area (Å²) >= 11 is 0. The van der Waals surface area contributed by atoms with Crippen LogP contribution in [0.3, 0.4) is 0 Å². The molecule has 1 saturated heterocycles. The summed E-state index contributed by atoms with van der Waals surface area (Å²) in [6, 6.07) is 18.6. The van der Waals surface area contributed by atoms with Gasteiger partial charge in [-0.25, -0.2) is 19.0 Å². The topological polar surface area (TPSA) is 85.3 Å². The molecule has 0 bridgehead atoms. The molecular weight excluding hydrogens is 463 g/mol. The van der Waals surface area contributed by atoms with Gasteiger partial charge in [0.25, 0.3) is 5.91 Å². The van der Waals surface area contributed by atoms with Crippen LogP contribution in [0.4, 0.5) is 15.8 Å². The van der Waals surface area contributed by atoms with Crippen molar-refractivity contribution in [2.24, 2.45) is 4.99 Å². The lowest BCUT2D eigenvalue weighted by Gasteiger charge is -2.24. The summed E-state index contributed by atoms with van der Waals surface area (Å²) in [6.45, 7) is 4.00. The zero-order valence-corrected chi connectivity index (χ0v) is 19.9. The molecular formula is C28H25FN2O5. The van der Waals surface area contributed by atoms with Crippen LogP contribution in [0.25, 0.3) is 0 Å². The van der Waals surface area contributed by atoms with Gasteiger partial charge in [-0.3, -0.25) is 9.69 Å². The van der Waals surface area contributed by atoms with E-state index in [-0.39, 0.29) is 24.9 Å². The van der Waals surface area contributed by atoms with Crippen LogP contribution in [0.5, 0.6) is 0 Å². The maximum atomic E-state index is 13.6. The van der Waals surface area contributed by atoms with Crippen LogP contribution in [0.15, 0.2) is 77.8 Å². The molecule has 3 aromatic rings. The molecule has 0 aromatic heterocycles. The highest BCUT2D eigenvalue weighted by molar-refractivity contribution is 6.46. The second-order valence-electron chi connectivity index (χ2n) is 8.04. The maximum Gasteiger partial charge on any atom is 0.338 e. The fourth-order valence-corrected chi connectivity index (χ4v) is 4.00. The van der Waals surface area contributed by atoms with Crippen LogP contribution in [0.1, 0.15) is 52.6 Å². The summed E-state index contributed by atoms with van der Waals surface area (Å²) in [7, 11) is 0. The molecule has 4 rings (SSSR count). The Morgan fingerprint density at radius 1 is 0.861 bits per heavy atom. The SMILES string of the molecule is CCOC(=O)c1ccc(N=C2CC(c3ccc(F)cc3)N(c3ccc(C(=O)OCC)cc3)C2=O)cc1. The second-order valence-corrected chi connectivity index (χ2v) is 8.04. The monoisotopic (exact) mass is 488 g/mol. The number of rotatable bonds is 7. The van der Waals surface area contributed by atoms with Crippen molar-refractivity contribution in [2.75, 3.05) is 18.1 Å². The number of esters is 2. The fourth-order valence-electron chi connectivity index (χ4n) is 4.00. The van der Waals surface area contributed by atoms with Crippen LogP contribution >= 0.6 is 0 Å². The van der Waals surface area contributed by atoms with Gasteiger partial charge in [0.1, 0.15) is 11.5 Å². The largest absolute Gasteiger partial charge is 0.462 e. The molecule has 1 amide bonds. The van der Waals surface area contributed by atoms with Crippen molar-refractivity contribution < 1.29 is 28.2 Å². The number of ether oxygens (including phenoxy) is 2. The predicted molar refractivity (Wildman–Crippen MR) is 133 cm³/mol. The summed E-state index contributed by atoms with van der Waals surface area (Å²) in [6.07, 6.45) is 0.295. The number of nitrogens with zero attached hydrogens (tertiary/aromatic N) is 2. The summed E-state index contributed by atoms with van der Waals surface area (Å²) in [4.78, 5) is 43.6. The number of anilines is 1. The van der Waals surface area contributed by atoms with E-state index in [2.05, 4.69) is 4.99 Å². The van der Waals surface area contributed by atoms with Gasteiger partial charge < -0.3 is 9.47 Å². The summed E-state index contributed by atoms with van der Waals surface area (Å²) < 4.78 is 23.6. The van der Waals surface area contributed by atoms with Crippen molar-refractivity contribution >= 4 is 34.9 Å². The number of benzene rings is 3. The summed E-state index contributed by atoms with van der Waals surface area (Å²) in [5.74, 6) is -1.55. The number of carbonyl (C=O) groups is 3. The smallest absolute Gasteiger partial charge is 0.338 e. The Labute approximate surface area is 208 Å². The minimum Gasteiger partial charge on any atom is -0.462 e. The lowest BCUT2D eigenvalue weighted by Crippen LogP contribution is -2.29. The lowest BCUT2D eigenvalue weighted by atomic mass is 10.0. The summed E-state index contributed by atoms with van der Waals surface area (Å²) in [5.41, 5.74) is 2.94. The van der Waals surface area contributed by atoms with Gasteiger partial charge in [-0.2, -0.15) is 0 Å². The van der Waals surface area contributed by atoms with E-state index < -0.39 is 18.0 Å². The van der Waals surface area contributed by atoms with Gasteiger partial charge in [0.2, 0.25) is 0 Å². The van der Waals surface area contributed by atoms with Crippen molar-refractivity contribution in [3.8, 4) is 0 Å². The zero-order valence-electron chi connectivity index (χ0n) is 19.9. The third-order valence-corrected chi connectivity index (χ3v) is 5.72. The Kier molecular flexibility index (Phi) is 7.53. The first-order valence-corrected chi connectivity index (χ1v) is 11.6. The molecule has 8 heteroatoms. The molecule has 36 heavy (non-hydrogen) atoms. The molecule has 0 spiro atoms. The first kappa shape index (κ1) is 24.8. The molecule has 1 fully saturated rings. The van der Waals surface area contributed by atoms with E-state index in [0.717, 1.165) is 5.56 Å². The van der Waals surface area contributed by atoms with Crippen LogP contribution in [-0.4, -0.2) is 36.8 Å². The molecule has 3 aromatic carbocycles. The first-order valence-electron chi connectivity index (χ1n) is 11.6. The standard InChI is InChI=1S/C28H25FN2O5/c1-3-35-27(33)19-7-13-22(14-8-19)30-24-17-25(18-5-11-21(29)12-6-18)31(26(24)32)23-15-9-20(10-16-23)28(34)36-4-2/h5-16,25H,3-4,17H2,1-2H3. The van der Waals surface area contributed by atoms with Crippen molar-refractivity contribution in [1.29, 1.82) is 0 Å². The van der Waals surface area contributed by atoms with Gasteiger partial charge in [0.15, 0.2) is 0 Å². The molecule has 0 aliphatic carbocycles. The molecule has 1 atom stereocenters. The Hall–Kier alpha value is -4.33. The van der Waals surface area contributed by atoms with Gasteiger partial charge in [-0.1, -0.05) is 12.1 Å². The third-order valence-electron chi connectivity index (χ3n) is 5.72. The summed E-state index contributed by atoms with van der Waals surface area (Å²) in [5, 5.41) is 0. The average molecular weight is 489 g/mol. The van der Waals surface area contributed by atoms with E-state index in [1.165, 1.54) is 12.1 Å². The van der Waals surface area contributed by atoms with Gasteiger partial charge in [0, 0.05) is 12.1 Å². The maximum absolute atomic E-state index is 13.6. The molecule has 1 aliphatic rings. The molecule has 184 valence electrons. The highest BCUT2D eigenvalue weighted by Gasteiger charge is 2.38. The van der Waals surface area contributed by atoms with E-state index in [1.807, 2.05) is 0 Å².